The molecule has 0 amide bonds. The van der Waals surface area contributed by atoms with E-state index in [0.717, 1.165) is 24.5 Å². The number of rotatable bonds is 12. The second-order valence-corrected chi connectivity index (χ2v) is 8.12. The summed E-state index contributed by atoms with van der Waals surface area (Å²) in [6, 6.07) is 0.495. The first-order valence-corrected chi connectivity index (χ1v) is 11.0. The smallest absolute Gasteiger partial charge is 0.121 e. The summed E-state index contributed by atoms with van der Waals surface area (Å²) in [5, 5.41) is 3.85. The van der Waals surface area contributed by atoms with Gasteiger partial charge in [-0.15, -0.1) is 0 Å². The maximum Gasteiger partial charge on any atom is 0.121 e. The van der Waals surface area contributed by atoms with Crippen LogP contribution < -0.4 is 5.32 Å². The molecule has 1 rings (SSSR count). The summed E-state index contributed by atoms with van der Waals surface area (Å²) < 4.78 is 6.25. The molecule has 0 aromatic rings. The van der Waals surface area contributed by atoms with Crippen molar-refractivity contribution in [1.82, 2.24) is 5.32 Å². The molecular weight excluding hydrogens is 318 g/mol. The highest BCUT2D eigenvalue weighted by molar-refractivity contribution is 5.44. The molecule has 1 N–H and O–H groups in total. The van der Waals surface area contributed by atoms with Crippen molar-refractivity contribution < 1.29 is 4.74 Å². The lowest BCUT2D eigenvalue weighted by Crippen LogP contribution is -2.27. The predicted molar refractivity (Wildman–Crippen MR) is 115 cm³/mol. The van der Waals surface area contributed by atoms with Crippen LogP contribution in [0, 0.1) is 5.92 Å². The fraction of sp³-hybridized carbons (Fsp3) is 0.750. The van der Waals surface area contributed by atoms with Gasteiger partial charge in [0.25, 0.3) is 0 Å². The Kier molecular flexibility index (Phi) is 10.8. The van der Waals surface area contributed by atoms with Crippen molar-refractivity contribution >= 4 is 0 Å². The summed E-state index contributed by atoms with van der Waals surface area (Å²) in [6.45, 7) is 15.7. The largest absolute Gasteiger partial charge is 0.491 e. The van der Waals surface area contributed by atoms with Gasteiger partial charge in [0.05, 0.1) is 6.10 Å². The van der Waals surface area contributed by atoms with Crippen molar-refractivity contribution in [3.8, 4) is 0 Å². The van der Waals surface area contributed by atoms with E-state index in [-0.39, 0.29) is 6.10 Å². The molecule has 0 bridgehead atoms. The van der Waals surface area contributed by atoms with Crippen LogP contribution in [0.2, 0.25) is 0 Å². The third-order valence-electron chi connectivity index (χ3n) is 5.42. The van der Waals surface area contributed by atoms with Crippen LogP contribution in [0.5, 0.6) is 0 Å². The van der Waals surface area contributed by atoms with Gasteiger partial charge in [-0.2, -0.15) is 0 Å². The Balaban J connectivity index is 3.13. The van der Waals surface area contributed by atoms with Gasteiger partial charge >= 0.3 is 0 Å². The van der Waals surface area contributed by atoms with E-state index in [1.807, 2.05) is 0 Å². The number of allylic oxidation sites excluding steroid dienone is 4. The van der Waals surface area contributed by atoms with Crippen molar-refractivity contribution in [2.75, 3.05) is 0 Å². The molecule has 1 atom stereocenters. The Hall–Kier alpha value is -1.18. The van der Waals surface area contributed by atoms with Crippen LogP contribution in [0.4, 0.5) is 0 Å². The van der Waals surface area contributed by atoms with E-state index in [2.05, 4.69) is 65.9 Å². The molecule has 0 fully saturated rings. The van der Waals surface area contributed by atoms with Crippen LogP contribution in [0.3, 0.4) is 0 Å². The number of hydrogen-bond acceptors (Lipinski definition) is 2. The summed E-state index contributed by atoms with van der Waals surface area (Å²) in [6.07, 6.45) is 14.4. The molecule has 0 radical (unpaired) electrons. The van der Waals surface area contributed by atoms with Gasteiger partial charge in [0, 0.05) is 17.3 Å². The van der Waals surface area contributed by atoms with Gasteiger partial charge in [-0.3, -0.25) is 0 Å². The van der Waals surface area contributed by atoms with Crippen LogP contribution in [0.1, 0.15) is 99.8 Å². The Labute approximate surface area is 163 Å². The van der Waals surface area contributed by atoms with Crippen molar-refractivity contribution in [3.63, 3.8) is 0 Å². The highest BCUT2D eigenvalue weighted by Gasteiger charge is 2.20. The second-order valence-electron chi connectivity index (χ2n) is 8.12. The van der Waals surface area contributed by atoms with Crippen molar-refractivity contribution in [2.24, 2.45) is 5.92 Å². The minimum atomic E-state index is 0.210. The third kappa shape index (κ3) is 7.60. The molecule has 0 heterocycles. The molecule has 0 saturated heterocycles. The second kappa shape index (κ2) is 12.3. The van der Waals surface area contributed by atoms with Crippen molar-refractivity contribution in [1.29, 1.82) is 0 Å². The SMILES string of the molecule is CCCCC(C)NC1=C(CCC(CC)CC)C(OC(C)C)=CCC=C1C. The van der Waals surface area contributed by atoms with Gasteiger partial charge in [-0.05, 0) is 70.9 Å². The number of ether oxygens (including phenoxy) is 1. The standard InChI is InChI=1S/C24H43NO/c1-8-11-14-20(7)25-24-19(6)13-12-15-23(26-18(4)5)22(24)17-16-21(9-2)10-3/h13,15,18,20-21,25H,8-12,14,16-17H2,1-7H3. The molecule has 2 heteroatoms. The molecule has 1 aliphatic carbocycles. The number of nitrogens with one attached hydrogen (secondary N) is 1. The molecule has 0 spiro atoms. The highest BCUT2D eigenvalue weighted by Crippen LogP contribution is 2.31. The molecule has 0 aliphatic heterocycles. The Bertz CT molecular complexity index is 494. The Morgan fingerprint density at radius 3 is 2.31 bits per heavy atom. The van der Waals surface area contributed by atoms with E-state index in [1.165, 1.54) is 55.4 Å². The topological polar surface area (TPSA) is 21.3 Å². The summed E-state index contributed by atoms with van der Waals surface area (Å²) in [4.78, 5) is 0. The molecule has 150 valence electrons. The molecule has 1 aliphatic rings. The number of unbranched alkanes of at least 4 members (excludes halogenated alkanes) is 1. The zero-order valence-electron chi connectivity index (χ0n) is 18.5. The van der Waals surface area contributed by atoms with Gasteiger partial charge in [0.2, 0.25) is 0 Å². The predicted octanol–water partition coefficient (Wildman–Crippen LogP) is 7.28. The van der Waals surface area contributed by atoms with E-state index < -0.39 is 0 Å². The van der Waals surface area contributed by atoms with E-state index in [0.29, 0.717) is 6.04 Å². The van der Waals surface area contributed by atoms with E-state index in [9.17, 15) is 0 Å². The van der Waals surface area contributed by atoms with Gasteiger partial charge in [0.15, 0.2) is 0 Å². The zero-order chi connectivity index (χ0) is 19.5. The monoisotopic (exact) mass is 361 g/mol. The average molecular weight is 362 g/mol. The molecular formula is C24H43NO. The average Bonchev–Trinajstić information content (AvgIpc) is 2.73. The van der Waals surface area contributed by atoms with E-state index in [1.54, 1.807) is 0 Å². The third-order valence-corrected chi connectivity index (χ3v) is 5.42. The highest BCUT2D eigenvalue weighted by atomic mass is 16.5. The molecule has 0 aromatic heterocycles. The molecule has 0 saturated carbocycles. The molecule has 26 heavy (non-hydrogen) atoms. The lowest BCUT2D eigenvalue weighted by molar-refractivity contribution is 0.151. The number of hydrogen-bond donors (Lipinski definition) is 1. The lowest BCUT2D eigenvalue weighted by atomic mass is 9.92. The van der Waals surface area contributed by atoms with Crippen LogP contribution in [-0.2, 0) is 4.74 Å². The maximum atomic E-state index is 6.25. The summed E-state index contributed by atoms with van der Waals surface area (Å²) in [7, 11) is 0. The summed E-state index contributed by atoms with van der Waals surface area (Å²) in [5.41, 5.74) is 4.08. The fourth-order valence-electron chi connectivity index (χ4n) is 3.63. The fourth-order valence-corrected chi connectivity index (χ4v) is 3.63. The minimum Gasteiger partial charge on any atom is -0.491 e. The van der Waals surface area contributed by atoms with Crippen molar-refractivity contribution in [3.05, 3.63) is 34.8 Å². The van der Waals surface area contributed by atoms with Crippen LogP contribution in [0.15, 0.2) is 34.8 Å². The normalized spacial score (nSPS) is 16.5. The Morgan fingerprint density at radius 2 is 1.73 bits per heavy atom. The first kappa shape index (κ1) is 22.9. The zero-order valence-corrected chi connectivity index (χ0v) is 18.5. The van der Waals surface area contributed by atoms with Gasteiger partial charge in [0.1, 0.15) is 5.76 Å². The van der Waals surface area contributed by atoms with E-state index in [4.69, 9.17) is 4.74 Å². The summed E-state index contributed by atoms with van der Waals surface area (Å²) >= 11 is 0. The van der Waals surface area contributed by atoms with Crippen molar-refractivity contribution in [2.45, 2.75) is 112 Å². The quantitative estimate of drug-likeness (QED) is 0.394. The van der Waals surface area contributed by atoms with Crippen LogP contribution >= 0.6 is 0 Å². The minimum absolute atomic E-state index is 0.210. The summed E-state index contributed by atoms with van der Waals surface area (Å²) in [5.74, 6) is 1.90. The molecule has 1 unspecified atom stereocenters. The first-order chi connectivity index (χ1) is 12.4. The van der Waals surface area contributed by atoms with Crippen LogP contribution in [-0.4, -0.2) is 12.1 Å². The van der Waals surface area contributed by atoms with Gasteiger partial charge < -0.3 is 10.1 Å². The molecule has 0 aromatic carbocycles. The lowest BCUT2D eigenvalue weighted by Gasteiger charge is -2.25. The molecule has 2 nitrogen and oxygen atoms in total. The van der Waals surface area contributed by atoms with Gasteiger partial charge in [-0.1, -0.05) is 52.5 Å². The van der Waals surface area contributed by atoms with Crippen LogP contribution in [0.25, 0.3) is 0 Å². The van der Waals surface area contributed by atoms with E-state index >= 15 is 0 Å². The first-order valence-electron chi connectivity index (χ1n) is 11.0. The van der Waals surface area contributed by atoms with Gasteiger partial charge in [-0.25, -0.2) is 0 Å². The Morgan fingerprint density at radius 1 is 1.04 bits per heavy atom. The maximum absolute atomic E-state index is 6.25.